The Kier molecular flexibility index (Phi) is 6.17. The highest BCUT2D eigenvalue weighted by Crippen LogP contribution is 2.21. The molecule has 0 aliphatic rings. The van der Waals surface area contributed by atoms with Crippen LogP contribution in [-0.4, -0.2) is 21.0 Å². The van der Waals surface area contributed by atoms with E-state index in [1.54, 1.807) is 12.1 Å². The molecule has 1 aromatic rings. The average Bonchev–Trinajstić information content (AvgIpc) is 2.43. The van der Waals surface area contributed by atoms with Gasteiger partial charge in [-0.2, -0.15) is 0 Å². The smallest absolute Gasteiger partial charge is 0.328 e. The Morgan fingerprint density at radius 3 is 2.41 bits per heavy atom. The number of allylic oxidation sites excluding steroid dienone is 1. The highest BCUT2D eigenvalue weighted by Gasteiger charge is 2.21. The number of benzene rings is 1. The minimum atomic E-state index is -3.84. The molecule has 0 fully saturated rings. The number of rotatable bonds is 7. The first-order valence-electron chi connectivity index (χ1n) is 7.14. The van der Waals surface area contributed by atoms with Gasteiger partial charge in [-0.15, -0.1) is 6.58 Å². The predicted octanol–water partition coefficient (Wildman–Crippen LogP) is 2.98. The van der Waals surface area contributed by atoms with Crippen LogP contribution in [0.4, 0.5) is 4.79 Å². The standard InChI is InChI=1S/C16H24N2O3S/c1-5-6-11-16(3,4)12-17-15(19)18-22(20,21)14-9-7-13(2)8-10-14/h5,7-10H,1,6,11-12H2,2-4H3,(H2,17,18,19). The zero-order chi connectivity index (χ0) is 16.8. The quantitative estimate of drug-likeness (QED) is 0.757. The molecule has 0 heterocycles. The van der Waals surface area contributed by atoms with Crippen molar-refractivity contribution in [2.45, 2.75) is 38.5 Å². The van der Waals surface area contributed by atoms with Crippen LogP contribution in [0.2, 0.25) is 0 Å². The lowest BCUT2D eigenvalue weighted by Crippen LogP contribution is -2.43. The van der Waals surface area contributed by atoms with Gasteiger partial charge in [0, 0.05) is 6.54 Å². The molecule has 0 aliphatic carbocycles. The fourth-order valence-electron chi connectivity index (χ4n) is 1.84. The van der Waals surface area contributed by atoms with E-state index >= 15 is 0 Å². The summed E-state index contributed by atoms with van der Waals surface area (Å²) in [5.74, 6) is 0. The summed E-state index contributed by atoms with van der Waals surface area (Å²) in [6.45, 7) is 9.93. The van der Waals surface area contributed by atoms with E-state index in [2.05, 4.69) is 11.9 Å². The van der Waals surface area contributed by atoms with E-state index in [1.165, 1.54) is 12.1 Å². The molecule has 0 aromatic heterocycles. The second kappa shape index (κ2) is 7.45. The Morgan fingerprint density at radius 1 is 1.27 bits per heavy atom. The van der Waals surface area contributed by atoms with Crippen LogP contribution in [0.1, 0.15) is 32.3 Å². The molecule has 0 bridgehead atoms. The van der Waals surface area contributed by atoms with Gasteiger partial charge in [-0.1, -0.05) is 37.6 Å². The second-order valence-electron chi connectivity index (χ2n) is 6.09. The van der Waals surface area contributed by atoms with Gasteiger partial charge in [-0.05, 0) is 37.3 Å². The number of sulfonamides is 1. The Hall–Kier alpha value is -1.82. The van der Waals surface area contributed by atoms with Gasteiger partial charge in [0.2, 0.25) is 0 Å². The summed E-state index contributed by atoms with van der Waals surface area (Å²) in [7, 11) is -3.84. The molecule has 0 saturated heterocycles. The molecule has 0 spiro atoms. The van der Waals surface area contributed by atoms with E-state index < -0.39 is 16.1 Å². The largest absolute Gasteiger partial charge is 0.337 e. The SMILES string of the molecule is C=CCCC(C)(C)CNC(=O)NS(=O)(=O)c1ccc(C)cc1. The molecule has 6 heteroatoms. The molecule has 1 aromatic carbocycles. The zero-order valence-electron chi connectivity index (χ0n) is 13.3. The summed E-state index contributed by atoms with van der Waals surface area (Å²) in [5.41, 5.74) is 0.825. The third-order valence-corrected chi connectivity index (χ3v) is 4.66. The van der Waals surface area contributed by atoms with Crippen molar-refractivity contribution in [1.82, 2.24) is 10.0 Å². The highest BCUT2D eigenvalue weighted by atomic mass is 32.2. The molecule has 0 aliphatic heterocycles. The van der Waals surface area contributed by atoms with Gasteiger partial charge in [0.05, 0.1) is 4.90 Å². The normalized spacial score (nSPS) is 11.8. The molecule has 2 amide bonds. The summed E-state index contributed by atoms with van der Waals surface area (Å²) < 4.78 is 26.2. The molecular formula is C16H24N2O3S. The Labute approximate surface area is 132 Å². The highest BCUT2D eigenvalue weighted by molar-refractivity contribution is 7.90. The monoisotopic (exact) mass is 324 g/mol. The van der Waals surface area contributed by atoms with Crippen molar-refractivity contribution in [2.24, 2.45) is 5.41 Å². The summed E-state index contributed by atoms with van der Waals surface area (Å²) in [6, 6.07) is 5.60. The van der Waals surface area contributed by atoms with E-state index in [-0.39, 0.29) is 10.3 Å². The van der Waals surface area contributed by atoms with Crippen molar-refractivity contribution >= 4 is 16.1 Å². The molecule has 2 N–H and O–H groups in total. The minimum Gasteiger partial charge on any atom is -0.337 e. The number of carbonyl (C=O) groups is 1. The molecule has 0 saturated carbocycles. The van der Waals surface area contributed by atoms with E-state index in [9.17, 15) is 13.2 Å². The summed E-state index contributed by atoms with van der Waals surface area (Å²) in [4.78, 5) is 11.9. The molecule has 0 radical (unpaired) electrons. The molecule has 1 rings (SSSR count). The van der Waals surface area contributed by atoms with Crippen LogP contribution in [0.25, 0.3) is 0 Å². The van der Waals surface area contributed by atoms with Crippen molar-refractivity contribution in [2.75, 3.05) is 6.54 Å². The Balaban J connectivity index is 2.60. The fraction of sp³-hybridized carbons (Fsp3) is 0.438. The van der Waals surface area contributed by atoms with E-state index in [1.807, 2.05) is 31.6 Å². The second-order valence-corrected chi connectivity index (χ2v) is 7.78. The van der Waals surface area contributed by atoms with Crippen molar-refractivity contribution in [1.29, 1.82) is 0 Å². The first-order valence-corrected chi connectivity index (χ1v) is 8.63. The zero-order valence-corrected chi connectivity index (χ0v) is 14.2. The minimum absolute atomic E-state index is 0.0687. The predicted molar refractivity (Wildman–Crippen MR) is 88.1 cm³/mol. The summed E-state index contributed by atoms with van der Waals surface area (Å²) in [5, 5.41) is 2.61. The number of amides is 2. The molecular weight excluding hydrogens is 300 g/mol. The van der Waals surface area contributed by atoms with Crippen LogP contribution >= 0.6 is 0 Å². The van der Waals surface area contributed by atoms with Crippen LogP contribution in [0.3, 0.4) is 0 Å². The van der Waals surface area contributed by atoms with Gasteiger partial charge < -0.3 is 5.32 Å². The number of carbonyl (C=O) groups excluding carboxylic acids is 1. The number of aryl methyl sites for hydroxylation is 1. The van der Waals surface area contributed by atoms with E-state index in [4.69, 9.17) is 0 Å². The molecule has 0 atom stereocenters. The fourth-order valence-corrected chi connectivity index (χ4v) is 2.76. The molecule has 22 heavy (non-hydrogen) atoms. The van der Waals surface area contributed by atoms with Crippen LogP contribution in [0, 0.1) is 12.3 Å². The maximum atomic E-state index is 12.1. The van der Waals surface area contributed by atoms with Gasteiger partial charge in [0.1, 0.15) is 0 Å². The van der Waals surface area contributed by atoms with E-state index in [0.717, 1.165) is 18.4 Å². The van der Waals surface area contributed by atoms with E-state index in [0.29, 0.717) is 6.54 Å². The average molecular weight is 324 g/mol. The van der Waals surface area contributed by atoms with Crippen LogP contribution in [0.5, 0.6) is 0 Å². The van der Waals surface area contributed by atoms with Crippen LogP contribution in [0.15, 0.2) is 41.8 Å². The van der Waals surface area contributed by atoms with Gasteiger partial charge >= 0.3 is 6.03 Å². The summed E-state index contributed by atoms with van der Waals surface area (Å²) in [6.07, 6.45) is 3.53. The number of hydrogen-bond acceptors (Lipinski definition) is 3. The van der Waals surface area contributed by atoms with Gasteiger partial charge in [0.25, 0.3) is 10.0 Å². The number of nitrogens with one attached hydrogen (secondary N) is 2. The lowest BCUT2D eigenvalue weighted by atomic mass is 9.88. The topological polar surface area (TPSA) is 75.3 Å². The summed E-state index contributed by atoms with van der Waals surface area (Å²) >= 11 is 0. The first kappa shape index (κ1) is 18.2. The lowest BCUT2D eigenvalue weighted by molar-refractivity contribution is 0.237. The molecule has 5 nitrogen and oxygen atoms in total. The van der Waals surface area contributed by atoms with Crippen molar-refractivity contribution in [3.63, 3.8) is 0 Å². The van der Waals surface area contributed by atoms with Gasteiger partial charge in [0.15, 0.2) is 0 Å². The third kappa shape index (κ3) is 5.89. The van der Waals surface area contributed by atoms with Gasteiger partial charge in [-0.3, -0.25) is 0 Å². The lowest BCUT2D eigenvalue weighted by Gasteiger charge is -2.24. The van der Waals surface area contributed by atoms with Gasteiger partial charge in [-0.25, -0.2) is 17.9 Å². The van der Waals surface area contributed by atoms with Crippen LogP contribution in [-0.2, 0) is 10.0 Å². The molecule has 122 valence electrons. The number of hydrogen-bond donors (Lipinski definition) is 2. The van der Waals surface area contributed by atoms with Crippen molar-refractivity contribution in [3.05, 3.63) is 42.5 Å². The Bertz CT molecular complexity index is 619. The number of urea groups is 1. The Morgan fingerprint density at radius 2 is 1.86 bits per heavy atom. The van der Waals surface area contributed by atoms with Crippen molar-refractivity contribution in [3.8, 4) is 0 Å². The first-order chi connectivity index (χ1) is 10.2. The maximum Gasteiger partial charge on any atom is 0.328 e. The van der Waals surface area contributed by atoms with Crippen molar-refractivity contribution < 1.29 is 13.2 Å². The maximum absolute atomic E-state index is 12.1. The molecule has 0 unspecified atom stereocenters. The third-order valence-electron chi connectivity index (χ3n) is 3.31. The van der Waals surface area contributed by atoms with Crippen LogP contribution < -0.4 is 10.0 Å².